The van der Waals surface area contributed by atoms with Gasteiger partial charge in [0.25, 0.3) is 10.0 Å². The SMILES string of the molecule is COc1cc(S(=O)(=O)N2C[C@@H](CN)Cc3ccc(NC(=O)OC(C)(C)C)cc32)ccc1F. The van der Waals surface area contributed by atoms with Crippen LogP contribution in [0.25, 0.3) is 0 Å². The molecule has 0 bridgehead atoms. The number of sulfonamides is 1. The van der Waals surface area contributed by atoms with Crippen LogP contribution >= 0.6 is 0 Å². The van der Waals surface area contributed by atoms with Crippen molar-refractivity contribution in [2.45, 2.75) is 37.7 Å². The average Bonchev–Trinajstić information content (AvgIpc) is 2.71. The smallest absolute Gasteiger partial charge is 0.412 e. The highest BCUT2D eigenvalue weighted by molar-refractivity contribution is 7.92. The minimum absolute atomic E-state index is 0.0933. The molecule has 2 aromatic carbocycles. The van der Waals surface area contributed by atoms with Crippen LogP contribution in [0.5, 0.6) is 5.75 Å². The number of halogens is 1. The number of carbonyl (C=O) groups excluding carboxylic acids is 1. The van der Waals surface area contributed by atoms with Crippen molar-refractivity contribution < 1.29 is 27.1 Å². The molecule has 2 aromatic rings. The maximum atomic E-state index is 13.8. The van der Waals surface area contributed by atoms with Crippen LogP contribution in [0.2, 0.25) is 0 Å². The van der Waals surface area contributed by atoms with Crippen LogP contribution < -0.4 is 20.1 Å². The van der Waals surface area contributed by atoms with E-state index in [4.69, 9.17) is 15.2 Å². The van der Waals surface area contributed by atoms with Crippen molar-refractivity contribution in [3.8, 4) is 5.75 Å². The van der Waals surface area contributed by atoms with E-state index in [0.717, 1.165) is 17.7 Å². The molecule has 0 saturated carbocycles. The number of rotatable bonds is 5. The maximum absolute atomic E-state index is 13.8. The number of ether oxygens (including phenoxy) is 2. The number of anilines is 2. The van der Waals surface area contributed by atoms with Crippen molar-refractivity contribution in [2.75, 3.05) is 29.8 Å². The maximum Gasteiger partial charge on any atom is 0.412 e. The third kappa shape index (κ3) is 5.13. The lowest BCUT2D eigenvalue weighted by Gasteiger charge is -2.35. The highest BCUT2D eigenvalue weighted by Crippen LogP contribution is 2.36. The number of nitrogens with two attached hydrogens (primary N) is 1. The third-order valence-corrected chi connectivity index (χ3v) is 6.75. The lowest BCUT2D eigenvalue weighted by molar-refractivity contribution is 0.0636. The molecule has 1 amide bonds. The van der Waals surface area contributed by atoms with Crippen LogP contribution in [-0.4, -0.2) is 40.3 Å². The van der Waals surface area contributed by atoms with E-state index >= 15 is 0 Å². The normalized spacial score (nSPS) is 16.3. The molecule has 1 aliphatic rings. The number of amides is 1. The van der Waals surface area contributed by atoms with Crippen molar-refractivity contribution >= 4 is 27.5 Å². The summed E-state index contributed by atoms with van der Waals surface area (Å²) in [6.07, 6.45) is -0.0529. The van der Waals surface area contributed by atoms with Gasteiger partial charge in [-0.3, -0.25) is 9.62 Å². The molecule has 32 heavy (non-hydrogen) atoms. The predicted octanol–water partition coefficient (Wildman–Crippen LogP) is 3.51. The number of fused-ring (bicyclic) bond motifs is 1. The number of methoxy groups -OCH3 is 1. The second-order valence-electron chi connectivity index (χ2n) is 8.61. The quantitative estimate of drug-likeness (QED) is 0.699. The Labute approximate surface area is 187 Å². The molecule has 0 aromatic heterocycles. The van der Waals surface area contributed by atoms with E-state index in [1.54, 1.807) is 39.0 Å². The fourth-order valence-corrected chi connectivity index (χ4v) is 5.08. The van der Waals surface area contributed by atoms with Crippen LogP contribution in [0, 0.1) is 11.7 Å². The average molecular weight is 466 g/mol. The van der Waals surface area contributed by atoms with Gasteiger partial charge in [0.05, 0.1) is 17.7 Å². The summed E-state index contributed by atoms with van der Waals surface area (Å²) in [4.78, 5) is 12.1. The number of hydrogen-bond donors (Lipinski definition) is 2. The van der Waals surface area contributed by atoms with Crippen molar-refractivity contribution in [1.82, 2.24) is 0 Å². The zero-order valence-electron chi connectivity index (χ0n) is 18.5. The van der Waals surface area contributed by atoms with Crippen LogP contribution in [-0.2, 0) is 21.2 Å². The topological polar surface area (TPSA) is 111 Å². The minimum Gasteiger partial charge on any atom is -0.494 e. The van der Waals surface area contributed by atoms with Crippen LogP contribution in [0.1, 0.15) is 26.3 Å². The van der Waals surface area contributed by atoms with Crippen molar-refractivity contribution in [3.05, 3.63) is 47.8 Å². The Morgan fingerprint density at radius 1 is 1.25 bits per heavy atom. The summed E-state index contributed by atoms with van der Waals surface area (Å²) in [7, 11) is -2.79. The van der Waals surface area contributed by atoms with E-state index in [9.17, 15) is 17.6 Å². The molecular weight excluding hydrogens is 437 g/mol. The van der Waals surface area contributed by atoms with Gasteiger partial charge >= 0.3 is 6.09 Å². The predicted molar refractivity (Wildman–Crippen MR) is 120 cm³/mol. The lowest BCUT2D eigenvalue weighted by atomic mass is 9.94. The van der Waals surface area contributed by atoms with E-state index < -0.39 is 27.5 Å². The van der Waals surface area contributed by atoms with E-state index in [1.807, 2.05) is 0 Å². The molecule has 3 N–H and O–H groups in total. The van der Waals surface area contributed by atoms with E-state index in [1.165, 1.54) is 17.5 Å². The molecule has 174 valence electrons. The van der Waals surface area contributed by atoms with E-state index in [2.05, 4.69) is 5.32 Å². The van der Waals surface area contributed by atoms with Gasteiger partial charge in [0, 0.05) is 18.3 Å². The van der Waals surface area contributed by atoms with Crippen LogP contribution in [0.15, 0.2) is 41.3 Å². The summed E-state index contributed by atoms with van der Waals surface area (Å²) in [6.45, 7) is 5.70. The molecule has 0 unspecified atom stereocenters. The third-order valence-electron chi connectivity index (χ3n) is 4.98. The minimum atomic E-state index is -4.05. The number of hydrogen-bond acceptors (Lipinski definition) is 6. The number of benzene rings is 2. The molecular formula is C22H28FN3O5S. The molecule has 0 aliphatic carbocycles. The summed E-state index contributed by atoms with van der Waals surface area (Å²) in [5.41, 5.74) is 6.77. The molecule has 3 rings (SSSR count). The largest absolute Gasteiger partial charge is 0.494 e. The van der Waals surface area contributed by atoms with Gasteiger partial charge in [-0.1, -0.05) is 6.07 Å². The second-order valence-corrected chi connectivity index (χ2v) is 10.5. The molecule has 8 nitrogen and oxygen atoms in total. The Morgan fingerprint density at radius 3 is 2.59 bits per heavy atom. The second kappa shape index (κ2) is 8.95. The number of carbonyl (C=O) groups is 1. The van der Waals surface area contributed by atoms with Crippen molar-refractivity contribution in [2.24, 2.45) is 11.7 Å². The lowest BCUT2D eigenvalue weighted by Crippen LogP contribution is -2.42. The molecule has 0 radical (unpaired) electrons. The zero-order chi connectivity index (χ0) is 23.7. The molecule has 0 saturated heterocycles. The Kier molecular flexibility index (Phi) is 6.66. The van der Waals surface area contributed by atoms with Crippen molar-refractivity contribution in [3.63, 3.8) is 0 Å². The van der Waals surface area contributed by atoms with Crippen LogP contribution in [0.3, 0.4) is 0 Å². The first-order chi connectivity index (χ1) is 14.9. The number of nitrogens with zero attached hydrogens (tertiary/aromatic N) is 1. The van der Waals surface area contributed by atoms with Gasteiger partial charge in [0.15, 0.2) is 11.6 Å². The first kappa shape index (κ1) is 23.8. The molecule has 10 heteroatoms. The summed E-state index contributed by atoms with van der Waals surface area (Å²) >= 11 is 0. The molecule has 0 fully saturated rings. The Morgan fingerprint density at radius 2 is 1.97 bits per heavy atom. The Balaban J connectivity index is 2.01. The van der Waals surface area contributed by atoms with Gasteiger partial charge in [-0.25, -0.2) is 17.6 Å². The molecule has 1 atom stereocenters. The van der Waals surface area contributed by atoms with E-state index in [0.29, 0.717) is 24.3 Å². The summed E-state index contributed by atoms with van der Waals surface area (Å²) < 4.78 is 52.3. The molecule has 1 heterocycles. The van der Waals surface area contributed by atoms with Gasteiger partial charge in [-0.15, -0.1) is 0 Å². The monoisotopic (exact) mass is 465 g/mol. The van der Waals surface area contributed by atoms with E-state index in [-0.39, 0.29) is 23.1 Å². The Hall–Kier alpha value is -2.85. The summed E-state index contributed by atoms with van der Waals surface area (Å²) in [5.74, 6) is -0.919. The first-order valence-corrected chi connectivity index (χ1v) is 11.6. The fourth-order valence-electron chi connectivity index (χ4n) is 3.49. The van der Waals surface area contributed by atoms with Gasteiger partial charge in [0.1, 0.15) is 5.60 Å². The number of nitrogens with one attached hydrogen (secondary N) is 1. The zero-order valence-corrected chi connectivity index (χ0v) is 19.3. The van der Waals surface area contributed by atoms with Gasteiger partial charge in [-0.2, -0.15) is 0 Å². The standard InChI is InChI=1S/C22H28FN3O5S/c1-22(2,3)31-21(27)25-16-6-5-15-9-14(12-24)13-26(19(15)10-16)32(28,29)17-7-8-18(23)20(11-17)30-4/h5-8,10-11,14H,9,12-13,24H2,1-4H3,(H,25,27)/t14-/m1/s1. The van der Waals surface area contributed by atoms with Gasteiger partial charge < -0.3 is 15.2 Å². The van der Waals surface area contributed by atoms with Gasteiger partial charge in [-0.05, 0) is 69.5 Å². The fraction of sp³-hybridized carbons (Fsp3) is 0.409. The highest BCUT2D eigenvalue weighted by Gasteiger charge is 2.34. The van der Waals surface area contributed by atoms with Gasteiger partial charge in [0.2, 0.25) is 0 Å². The van der Waals surface area contributed by atoms with Crippen molar-refractivity contribution in [1.29, 1.82) is 0 Å². The summed E-state index contributed by atoms with van der Waals surface area (Å²) in [5, 5.41) is 2.63. The van der Waals surface area contributed by atoms with Crippen LogP contribution in [0.4, 0.5) is 20.6 Å². The summed E-state index contributed by atoms with van der Waals surface area (Å²) in [6, 6.07) is 8.44. The molecule has 1 aliphatic heterocycles. The molecule has 0 spiro atoms. The highest BCUT2D eigenvalue weighted by atomic mass is 32.2. The first-order valence-electron chi connectivity index (χ1n) is 10.1. The Bertz CT molecular complexity index is 1120.